The van der Waals surface area contributed by atoms with Crippen LogP contribution in [0, 0.1) is 0 Å². The molecule has 0 unspecified atom stereocenters. The Morgan fingerprint density at radius 3 is 1.56 bits per heavy atom. The highest BCUT2D eigenvalue weighted by Gasteiger charge is 2.15. The van der Waals surface area contributed by atoms with E-state index in [2.05, 4.69) is 0 Å². The fraction of sp³-hybridized carbons (Fsp3) is 1.00. The normalized spacial score (nSPS) is 13.0. The molecular weight excluding hydrogens is 244 g/mol. The summed E-state index contributed by atoms with van der Waals surface area (Å²) in [5.41, 5.74) is 0. The monoisotopic (exact) mass is 268 g/mol. The molecule has 0 bridgehead atoms. The molecule has 0 aliphatic heterocycles. The van der Waals surface area contributed by atoms with Gasteiger partial charge >= 0.3 is 0 Å². The van der Waals surface area contributed by atoms with Gasteiger partial charge in [0.2, 0.25) is 0 Å². The molecular formula is C11H24O7. The molecule has 0 aliphatic rings. The molecule has 0 radical (unpaired) electrons. The van der Waals surface area contributed by atoms with Gasteiger partial charge in [0.1, 0.15) is 6.61 Å². The summed E-state index contributed by atoms with van der Waals surface area (Å²) in [6.07, 6.45) is 0.633. The van der Waals surface area contributed by atoms with Crippen molar-refractivity contribution < 1.29 is 34.6 Å². The average Bonchev–Trinajstić information content (AvgIpc) is 2.17. The van der Waals surface area contributed by atoms with Gasteiger partial charge in [-0.05, 0) is 20.3 Å². The minimum absolute atomic E-state index is 0.137. The van der Waals surface area contributed by atoms with Crippen LogP contribution in [0.25, 0.3) is 0 Å². The van der Waals surface area contributed by atoms with Crippen LogP contribution in [0.15, 0.2) is 0 Å². The standard InChI is InChI=1S/C11H24O7/c1-10(12,13)8-17-5-3-4-16-6-7-18-9-11(2,14)15/h12-15H,3-9H2,1-2H3. The third kappa shape index (κ3) is 15.7. The van der Waals surface area contributed by atoms with Crippen LogP contribution in [0.3, 0.4) is 0 Å². The molecule has 0 saturated heterocycles. The maximum absolute atomic E-state index is 8.93. The first-order valence-electron chi connectivity index (χ1n) is 5.83. The van der Waals surface area contributed by atoms with Gasteiger partial charge in [-0.1, -0.05) is 0 Å². The maximum atomic E-state index is 8.93. The van der Waals surface area contributed by atoms with Gasteiger partial charge in [-0.15, -0.1) is 0 Å². The third-order valence-electron chi connectivity index (χ3n) is 1.70. The van der Waals surface area contributed by atoms with Crippen LogP contribution >= 0.6 is 0 Å². The molecule has 0 amide bonds. The Kier molecular flexibility index (Phi) is 8.62. The van der Waals surface area contributed by atoms with E-state index < -0.39 is 11.6 Å². The average molecular weight is 268 g/mol. The Labute approximate surface area is 107 Å². The number of hydrogen-bond acceptors (Lipinski definition) is 7. The van der Waals surface area contributed by atoms with Crippen LogP contribution < -0.4 is 0 Å². The van der Waals surface area contributed by atoms with E-state index >= 15 is 0 Å². The Morgan fingerprint density at radius 1 is 0.667 bits per heavy atom. The summed E-state index contributed by atoms with van der Waals surface area (Å²) in [4.78, 5) is 0. The second-order valence-corrected chi connectivity index (χ2v) is 4.51. The van der Waals surface area contributed by atoms with Crippen molar-refractivity contribution in [2.45, 2.75) is 31.8 Å². The highest BCUT2D eigenvalue weighted by molar-refractivity contribution is 4.53. The van der Waals surface area contributed by atoms with E-state index in [0.717, 1.165) is 0 Å². The van der Waals surface area contributed by atoms with Crippen molar-refractivity contribution in [3.8, 4) is 0 Å². The fourth-order valence-corrected chi connectivity index (χ4v) is 1.01. The number of rotatable bonds is 11. The third-order valence-corrected chi connectivity index (χ3v) is 1.70. The van der Waals surface area contributed by atoms with Crippen molar-refractivity contribution in [2.75, 3.05) is 39.6 Å². The first-order chi connectivity index (χ1) is 8.21. The summed E-state index contributed by atoms with van der Waals surface area (Å²) < 4.78 is 15.1. The van der Waals surface area contributed by atoms with E-state index in [-0.39, 0.29) is 19.8 Å². The minimum atomic E-state index is -1.81. The largest absolute Gasteiger partial charge is 0.379 e. The van der Waals surface area contributed by atoms with E-state index in [4.69, 9.17) is 34.6 Å². The SMILES string of the molecule is CC(O)(O)COCCCOCCOCC(C)(O)O. The molecule has 0 spiro atoms. The molecule has 7 heteroatoms. The lowest BCUT2D eigenvalue weighted by atomic mass is 10.3. The second-order valence-electron chi connectivity index (χ2n) is 4.51. The van der Waals surface area contributed by atoms with Gasteiger partial charge < -0.3 is 34.6 Å². The topological polar surface area (TPSA) is 109 Å². The summed E-state index contributed by atoms with van der Waals surface area (Å²) in [7, 11) is 0. The van der Waals surface area contributed by atoms with E-state index in [1.54, 1.807) is 0 Å². The van der Waals surface area contributed by atoms with E-state index in [0.29, 0.717) is 26.2 Å². The molecule has 0 aliphatic carbocycles. The van der Waals surface area contributed by atoms with Gasteiger partial charge in [0.05, 0.1) is 19.8 Å². The molecule has 0 aromatic rings. The predicted molar refractivity (Wildman–Crippen MR) is 62.8 cm³/mol. The van der Waals surface area contributed by atoms with Crippen molar-refractivity contribution >= 4 is 0 Å². The lowest BCUT2D eigenvalue weighted by Crippen LogP contribution is -2.30. The molecule has 0 atom stereocenters. The van der Waals surface area contributed by atoms with Crippen LogP contribution in [-0.4, -0.2) is 71.6 Å². The van der Waals surface area contributed by atoms with Gasteiger partial charge in [0.25, 0.3) is 0 Å². The van der Waals surface area contributed by atoms with Crippen molar-refractivity contribution in [1.29, 1.82) is 0 Å². The zero-order valence-corrected chi connectivity index (χ0v) is 11.0. The molecule has 7 nitrogen and oxygen atoms in total. The summed E-state index contributed by atoms with van der Waals surface area (Å²) in [6.45, 7) is 3.66. The second kappa shape index (κ2) is 8.76. The smallest absolute Gasteiger partial charge is 0.183 e. The molecule has 110 valence electrons. The Hall–Kier alpha value is -0.280. The molecule has 0 aromatic carbocycles. The number of hydrogen-bond donors (Lipinski definition) is 4. The lowest BCUT2D eigenvalue weighted by Gasteiger charge is -2.16. The summed E-state index contributed by atoms with van der Waals surface area (Å²) in [5, 5.41) is 35.7. The molecule has 0 heterocycles. The quantitative estimate of drug-likeness (QED) is 0.276. The first kappa shape index (κ1) is 17.7. The van der Waals surface area contributed by atoms with Gasteiger partial charge in [0.15, 0.2) is 11.6 Å². The Bertz CT molecular complexity index is 173. The number of ether oxygens (including phenoxy) is 3. The van der Waals surface area contributed by atoms with Crippen molar-refractivity contribution in [2.24, 2.45) is 0 Å². The fourth-order valence-electron chi connectivity index (χ4n) is 1.01. The van der Waals surface area contributed by atoms with Crippen LogP contribution in [-0.2, 0) is 14.2 Å². The molecule has 18 heavy (non-hydrogen) atoms. The molecule has 0 saturated carbocycles. The van der Waals surface area contributed by atoms with E-state index in [9.17, 15) is 0 Å². The van der Waals surface area contributed by atoms with Crippen LogP contribution in [0.5, 0.6) is 0 Å². The van der Waals surface area contributed by atoms with Crippen LogP contribution in [0.2, 0.25) is 0 Å². The van der Waals surface area contributed by atoms with Gasteiger partial charge in [-0.25, -0.2) is 0 Å². The summed E-state index contributed by atoms with van der Waals surface area (Å²) >= 11 is 0. The van der Waals surface area contributed by atoms with Gasteiger partial charge in [0, 0.05) is 13.2 Å². The lowest BCUT2D eigenvalue weighted by molar-refractivity contribution is -0.187. The molecule has 0 rings (SSSR count). The zero-order valence-electron chi connectivity index (χ0n) is 11.0. The maximum Gasteiger partial charge on any atom is 0.183 e. The molecule has 0 fully saturated rings. The summed E-state index contributed by atoms with van der Waals surface area (Å²) in [6, 6.07) is 0. The van der Waals surface area contributed by atoms with Crippen LogP contribution in [0.4, 0.5) is 0 Å². The first-order valence-corrected chi connectivity index (χ1v) is 5.83. The van der Waals surface area contributed by atoms with Crippen molar-refractivity contribution in [3.05, 3.63) is 0 Å². The van der Waals surface area contributed by atoms with E-state index in [1.165, 1.54) is 13.8 Å². The predicted octanol–water partition coefficient (Wildman–Crippen LogP) is -1.17. The summed E-state index contributed by atoms with van der Waals surface area (Å²) in [5.74, 6) is -3.61. The van der Waals surface area contributed by atoms with Crippen molar-refractivity contribution in [1.82, 2.24) is 0 Å². The number of aliphatic hydroxyl groups is 4. The van der Waals surface area contributed by atoms with Crippen LogP contribution in [0.1, 0.15) is 20.3 Å². The van der Waals surface area contributed by atoms with E-state index in [1.807, 2.05) is 0 Å². The molecule has 0 aromatic heterocycles. The van der Waals surface area contributed by atoms with Gasteiger partial charge in [-0.3, -0.25) is 0 Å². The van der Waals surface area contributed by atoms with Crippen molar-refractivity contribution in [3.63, 3.8) is 0 Å². The highest BCUT2D eigenvalue weighted by Crippen LogP contribution is 1.98. The molecule has 4 N–H and O–H groups in total. The zero-order chi connectivity index (χ0) is 14.1. The Morgan fingerprint density at radius 2 is 1.06 bits per heavy atom. The van der Waals surface area contributed by atoms with Gasteiger partial charge in [-0.2, -0.15) is 0 Å². The minimum Gasteiger partial charge on any atom is -0.379 e. The Balaban J connectivity index is 3.13. The highest BCUT2D eigenvalue weighted by atomic mass is 16.6.